The predicted molar refractivity (Wildman–Crippen MR) is 132 cm³/mol. The highest BCUT2D eigenvalue weighted by Gasteiger charge is 2.35. The molecule has 1 aliphatic heterocycles. The Morgan fingerprint density at radius 1 is 1.11 bits per heavy atom. The normalized spacial score (nSPS) is 20.5. The van der Waals surface area contributed by atoms with Gasteiger partial charge in [0.25, 0.3) is 11.5 Å². The maximum atomic E-state index is 13.9. The molecule has 35 heavy (non-hydrogen) atoms. The monoisotopic (exact) mass is 492 g/mol. The number of halogens is 3. The van der Waals surface area contributed by atoms with Crippen molar-refractivity contribution in [1.82, 2.24) is 15.6 Å². The van der Waals surface area contributed by atoms with Crippen LogP contribution in [0.5, 0.6) is 0 Å². The van der Waals surface area contributed by atoms with E-state index in [0.29, 0.717) is 34.6 Å². The van der Waals surface area contributed by atoms with Crippen LogP contribution >= 0.6 is 0 Å². The van der Waals surface area contributed by atoms with Crippen LogP contribution in [0, 0.1) is 20.8 Å². The molecule has 0 aliphatic carbocycles. The summed E-state index contributed by atoms with van der Waals surface area (Å²) in [7, 11) is 0. The predicted octanol–water partition coefficient (Wildman–Crippen LogP) is 4.60. The number of H-pyrrole nitrogens is 1. The Balaban J connectivity index is 1.99. The van der Waals surface area contributed by atoms with Crippen LogP contribution in [0.15, 0.2) is 23.0 Å². The Bertz CT molecular complexity index is 1130. The Labute approximate surface area is 204 Å². The number of aromatic nitrogens is 1. The molecule has 1 aromatic heterocycles. The van der Waals surface area contributed by atoms with Crippen LogP contribution in [0.1, 0.15) is 71.9 Å². The number of hydrogen-bond acceptors (Lipinski definition) is 4. The molecule has 2 heterocycles. The van der Waals surface area contributed by atoms with Crippen LogP contribution in [0.25, 0.3) is 0 Å². The first-order chi connectivity index (χ1) is 16.3. The molecule has 0 radical (unpaired) electrons. The number of benzene rings is 1. The second kappa shape index (κ2) is 10.4. The lowest BCUT2D eigenvalue weighted by atomic mass is 9.92. The van der Waals surface area contributed by atoms with E-state index in [1.165, 1.54) is 0 Å². The van der Waals surface area contributed by atoms with Gasteiger partial charge in [-0.15, -0.1) is 0 Å². The summed E-state index contributed by atoms with van der Waals surface area (Å²) in [6.45, 7) is 11.7. The summed E-state index contributed by atoms with van der Waals surface area (Å²) in [4.78, 5) is 30.1. The SMILES string of the molecule is CCN(c1cc(C(F)(F)F)cc(C(=O)NCc2c(C)cc(C)[nH]c2=O)c1C)[C@@H]1C[C@@H](C)N[C@@H](C)C1. The number of carbonyl (C=O) groups is 1. The fourth-order valence-corrected chi connectivity index (χ4v) is 5.18. The van der Waals surface area contributed by atoms with Crippen molar-refractivity contribution in [2.45, 2.75) is 85.2 Å². The third-order valence-electron chi connectivity index (χ3n) is 6.78. The largest absolute Gasteiger partial charge is 0.416 e. The number of anilines is 1. The maximum Gasteiger partial charge on any atom is 0.416 e. The van der Waals surface area contributed by atoms with E-state index < -0.39 is 17.6 Å². The number of amides is 1. The molecule has 0 bridgehead atoms. The first-order valence-corrected chi connectivity index (χ1v) is 12.0. The van der Waals surface area contributed by atoms with Gasteiger partial charge in [0.2, 0.25) is 0 Å². The lowest BCUT2D eigenvalue weighted by molar-refractivity contribution is -0.137. The Morgan fingerprint density at radius 3 is 2.29 bits per heavy atom. The Kier molecular flexibility index (Phi) is 7.99. The van der Waals surface area contributed by atoms with Crippen molar-refractivity contribution in [3.63, 3.8) is 0 Å². The van der Waals surface area contributed by atoms with Crippen LogP contribution in [-0.2, 0) is 12.7 Å². The molecule has 192 valence electrons. The number of nitrogens with zero attached hydrogens (tertiary/aromatic N) is 1. The second-order valence-electron chi connectivity index (χ2n) is 9.67. The summed E-state index contributed by atoms with van der Waals surface area (Å²) >= 11 is 0. The van der Waals surface area contributed by atoms with Crippen LogP contribution in [0.2, 0.25) is 0 Å². The summed E-state index contributed by atoms with van der Waals surface area (Å²) < 4.78 is 41.6. The van der Waals surface area contributed by atoms with Crippen molar-refractivity contribution < 1.29 is 18.0 Å². The molecule has 0 spiro atoms. The quantitative estimate of drug-likeness (QED) is 0.551. The van der Waals surface area contributed by atoms with E-state index in [2.05, 4.69) is 29.5 Å². The number of nitrogens with one attached hydrogen (secondary N) is 3. The molecule has 0 unspecified atom stereocenters. The fraction of sp³-hybridized carbons (Fsp3) is 0.538. The van der Waals surface area contributed by atoms with Crippen molar-refractivity contribution in [1.29, 1.82) is 0 Å². The molecule has 1 fully saturated rings. The highest BCUT2D eigenvalue weighted by atomic mass is 19.4. The van der Waals surface area contributed by atoms with Gasteiger partial charge >= 0.3 is 6.18 Å². The minimum Gasteiger partial charge on any atom is -0.368 e. The van der Waals surface area contributed by atoms with E-state index in [4.69, 9.17) is 0 Å². The molecular formula is C26H35F3N4O2. The van der Waals surface area contributed by atoms with E-state index in [1.54, 1.807) is 26.8 Å². The van der Waals surface area contributed by atoms with Gasteiger partial charge in [-0.05, 0) is 83.7 Å². The van der Waals surface area contributed by atoms with Gasteiger partial charge in [0, 0.05) is 53.7 Å². The van der Waals surface area contributed by atoms with Crippen LogP contribution in [-0.4, -0.2) is 35.6 Å². The van der Waals surface area contributed by atoms with Gasteiger partial charge in [-0.25, -0.2) is 0 Å². The van der Waals surface area contributed by atoms with Gasteiger partial charge in [-0.1, -0.05) is 0 Å². The van der Waals surface area contributed by atoms with Crippen molar-refractivity contribution in [2.24, 2.45) is 0 Å². The number of pyridine rings is 1. The lowest BCUT2D eigenvalue weighted by Crippen LogP contribution is -2.51. The Morgan fingerprint density at radius 2 is 1.74 bits per heavy atom. The molecule has 0 saturated carbocycles. The lowest BCUT2D eigenvalue weighted by Gasteiger charge is -2.41. The molecule has 9 heteroatoms. The fourth-order valence-electron chi connectivity index (χ4n) is 5.18. The zero-order valence-electron chi connectivity index (χ0n) is 21.2. The molecular weight excluding hydrogens is 457 g/mol. The summed E-state index contributed by atoms with van der Waals surface area (Å²) in [6.07, 6.45) is -3.01. The first kappa shape index (κ1) is 26.8. The van der Waals surface area contributed by atoms with Gasteiger partial charge in [0.15, 0.2) is 0 Å². The van der Waals surface area contributed by atoms with Crippen molar-refractivity contribution in [2.75, 3.05) is 11.4 Å². The highest BCUT2D eigenvalue weighted by Crippen LogP contribution is 2.37. The standard InChI is InChI=1S/C26H35F3N4O2/c1-7-33(20-9-16(4)31-17(5)10-20)23-12-19(26(27,28)29)11-21(18(23)6)24(34)30-13-22-14(2)8-15(3)32-25(22)35/h8,11-12,16-17,20,31H,7,9-10,13H2,1-6H3,(H,30,34)(H,32,35)/t16-,17+,20-. The van der Waals surface area contributed by atoms with Crippen molar-refractivity contribution in [3.8, 4) is 0 Å². The summed E-state index contributed by atoms with van der Waals surface area (Å²) in [5, 5.41) is 6.12. The van der Waals surface area contributed by atoms with E-state index >= 15 is 0 Å². The van der Waals surface area contributed by atoms with Crippen LogP contribution in [0.4, 0.5) is 18.9 Å². The number of piperidine rings is 1. The van der Waals surface area contributed by atoms with Gasteiger partial charge in [0.1, 0.15) is 0 Å². The summed E-state index contributed by atoms with van der Waals surface area (Å²) in [5.74, 6) is -0.641. The Hall–Kier alpha value is -2.81. The third-order valence-corrected chi connectivity index (χ3v) is 6.78. The molecule has 1 aromatic carbocycles. The molecule has 6 nitrogen and oxygen atoms in total. The molecule has 3 N–H and O–H groups in total. The maximum absolute atomic E-state index is 13.9. The van der Waals surface area contributed by atoms with Gasteiger partial charge in [-0.3, -0.25) is 9.59 Å². The minimum absolute atomic E-state index is 0.0375. The second-order valence-corrected chi connectivity index (χ2v) is 9.67. The number of aromatic amines is 1. The first-order valence-electron chi connectivity index (χ1n) is 12.0. The van der Waals surface area contributed by atoms with Crippen molar-refractivity contribution >= 4 is 11.6 Å². The average molecular weight is 493 g/mol. The van der Waals surface area contributed by atoms with E-state index in [-0.39, 0.29) is 35.8 Å². The van der Waals surface area contributed by atoms with E-state index in [1.807, 2.05) is 11.8 Å². The highest BCUT2D eigenvalue weighted by molar-refractivity contribution is 5.97. The van der Waals surface area contributed by atoms with E-state index in [0.717, 1.165) is 25.0 Å². The molecule has 1 aliphatic rings. The van der Waals surface area contributed by atoms with Gasteiger partial charge < -0.3 is 20.5 Å². The smallest absolute Gasteiger partial charge is 0.368 e. The molecule has 1 amide bonds. The molecule has 2 aromatic rings. The van der Waals surface area contributed by atoms with Crippen molar-refractivity contribution in [3.05, 3.63) is 62.1 Å². The zero-order valence-corrected chi connectivity index (χ0v) is 21.2. The number of carbonyl (C=O) groups excluding carboxylic acids is 1. The van der Waals surface area contributed by atoms with Gasteiger partial charge in [0.05, 0.1) is 5.56 Å². The minimum atomic E-state index is -4.60. The molecule has 3 rings (SSSR count). The van der Waals surface area contributed by atoms with Crippen LogP contribution in [0.3, 0.4) is 0 Å². The number of rotatable bonds is 6. The summed E-state index contributed by atoms with van der Waals surface area (Å²) in [6, 6.07) is 4.38. The topological polar surface area (TPSA) is 77.2 Å². The molecule has 3 atom stereocenters. The summed E-state index contributed by atoms with van der Waals surface area (Å²) in [5.41, 5.74) is 1.47. The number of alkyl halides is 3. The number of hydrogen-bond donors (Lipinski definition) is 3. The average Bonchev–Trinajstić information content (AvgIpc) is 2.73. The third kappa shape index (κ3) is 6.07. The number of aryl methyl sites for hydroxylation is 2. The van der Waals surface area contributed by atoms with Crippen LogP contribution < -0.4 is 21.1 Å². The zero-order chi connectivity index (χ0) is 26.1. The van der Waals surface area contributed by atoms with Gasteiger partial charge in [-0.2, -0.15) is 13.2 Å². The molecule has 1 saturated heterocycles. The van der Waals surface area contributed by atoms with E-state index in [9.17, 15) is 22.8 Å².